The van der Waals surface area contributed by atoms with Gasteiger partial charge in [0.15, 0.2) is 0 Å². The largest absolute Gasteiger partial charge is 0.494 e. The lowest BCUT2D eigenvalue weighted by Crippen LogP contribution is -2.31. The average Bonchev–Trinajstić information content (AvgIpc) is 3.46. The average molecular weight is 629 g/mol. The summed E-state index contributed by atoms with van der Waals surface area (Å²) in [6, 6.07) is 18.1. The Morgan fingerprint density at radius 2 is 1.76 bits per heavy atom. The molecule has 0 radical (unpaired) electrons. The normalized spacial score (nSPS) is 15.0. The Morgan fingerprint density at radius 1 is 1.02 bits per heavy atom. The molecule has 0 saturated heterocycles. The molecule has 1 aliphatic carbocycles. The van der Waals surface area contributed by atoms with E-state index in [0.29, 0.717) is 37.5 Å². The summed E-state index contributed by atoms with van der Waals surface area (Å²) < 4.78 is 11.0. The molecule has 1 amide bonds. The van der Waals surface area contributed by atoms with Crippen molar-refractivity contribution in [2.24, 2.45) is 5.92 Å². The zero-order valence-corrected chi connectivity index (χ0v) is 28.1. The van der Waals surface area contributed by atoms with Gasteiger partial charge in [-0.1, -0.05) is 75.1 Å². The molecule has 0 bridgehead atoms. The zero-order chi connectivity index (χ0) is 32.0. The van der Waals surface area contributed by atoms with Crippen molar-refractivity contribution in [3.63, 3.8) is 0 Å². The third-order valence-corrected chi connectivity index (χ3v) is 9.31. The Balaban J connectivity index is 1.66. The van der Waals surface area contributed by atoms with E-state index in [1.165, 1.54) is 19.3 Å². The van der Waals surface area contributed by atoms with E-state index in [0.717, 1.165) is 63.7 Å². The van der Waals surface area contributed by atoms with Crippen LogP contribution in [0.4, 0.5) is 0 Å². The number of thiazole rings is 1. The molecule has 4 rings (SSSR count). The SMILES string of the molecule is CCCCOc1ccc(C[C@H](NC(=O)CC2CCCCC2)c2nc(/C=C(C)/C=C(/C)C(=O)OCC)c(-c3ccccc3)s2)cc1. The lowest BCUT2D eigenvalue weighted by atomic mass is 9.87. The monoisotopic (exact) mass is 628 g/mol. The molecule has 6 nitrogen and oxygen atoms in total. The Kier molecular flexibility index (Phi) is 13.4. The first-order valence-electron chi connectivity index (χ1n) is 16.5. The molecule has 0 unspecified atom stereocenters. The Hall–Kier alpha value is -3.71. The fraction of sp³-hybridized carbons (Fsp3) is 0.447. The molecule has 1 aromatic heterocycles. The molecule has 7 heteroatoms. The lowest BCUT2D eigenvalue weighted by molar-refractivity contribution is -0.138. The van der Waals surface area contributed by atoms with Gasteiger partial charge in [-0.15, -0.1) is 11.3 Å². The first kappa shape index (κ1) is 34.2. The van der Waals surface area contributed by atoms with Crippen molar-refractivity contribution >= 4 is 29.3 Å². The van der Waals surface area contributed by atoms with Gasteiger partial charge in [-0.2, -0.15) is 0 Å². The molecule has 0 aliphatic heterocycles. The maximum Gasteiger partial charge on any atom is 0.333 e. The van der Waals surface area contributed by atoms with Crippen LogP contribution in [0, 0.1) is 5.92 Å². The van der Waals surface area contributed by atoms with E-state index in [1.807, 2.05) is 49.4 Å². The number of rotatable bonds is 15. The fourth-order valence-corrected chi connectivity index (χ4v) is 6.79. The van der Waals surface area contributed by atoms with Gasteiger partial charge in [0, 0.05) is 12.0 Å². The minimum Gasteiger partial charge on any atom is -0.494 e. The van der Waals surface area contributed by atoms with Gasteiger partial charge < -0.3 is 14.8 Å². The summed E-state index contributed by atoms with van der Waals surface area (Å²) in [5, 5.41) is 4.24. The van der Waals surface area contributed by atoms with Crippen LogP contribution in [0.2, 0.25) is 0 Å². The topological polar surface area (TPSA) is 77.5 Å². The van der Waals surface area contributed by atoms with Crippen LogP contribution in [-0.2, 0) is 20.7 Å². The van der Waals surface area contributed by atoms with E-state index in [2.05, 4.69) is 36.5 Å². The number of benzene rings is 2. The van der Waals surface area contributed by atoms with Gasteiger partial charge in [0.1, 0.15) is 10.8 Å². The van der Waals surface area contributed by atoms with Crippen LogP contribution in [0.3, 0.4) is 0 Å². The van der Waals surface area contributed by atoms with Crippen LogP contribution in [0.1, 0.15) is 101 Å². The molecular formula is C38H48N2O4S. The standard InChI is InChI=1S/C38H48N2O4S/c1-5-7-22-44-32-20-18-30(19-21-32)25-34(39-35(41)26-29-14-10-8-11-15-29)37-40-33(36(45-37)31-16-12-9-13-17-31)24-27(3)23-28(4)38(42)43-6-2/h9,12-13,16-21,23-24,29,34H,5-8,10-11,14-15,22,25-26H2,1-4H3,(H,39,41)/b27-24+,28-23-/t34-/m0/s1. The number of carbonyl (C=O) groups excluding carboxylic acids is 2. The predicted molar refractivity (Wildman–Crippen MR) is 184 cm³/mol. The van der Waals surface area contributed by atoms with Crippen LogP contribution >= 0.6 is 11.3 Å². The van der Waals surface area contributed by atoms with Crippen LogP contribution < -0.4 is 10.1 Å². The Labute approximate surface area is 273 Å². The Bertz CT molecular complexity index is 1440. The molecule has 1 heterocycles. The summed E-state index contributed by atoms with van der Waals surface area (Å²) in [6.45, 7) is 8.73. The van der Waals surface area contributed by atoms with Gasteiger partial charge in [-0.25, -0.2) is 9.78 Å². The molecule has 1 atom stereocenters. The van der Waals surface area contributed by atoms with Crippen molar-refractivity contribution in [1.29, 1.82) is 0 Å². The van der Waals surface area contributed by atoms with Gasteiger partial charge in [0.05, 0.1) is 29.8 Å². The molecule has 2 aromatic carbocycles. The van der Waals surface area contributed by atoms with Gasteiger partial charge in [0.2, 0.25) is 5.91 Å². The maximum atomic E-state index is 13.4. The van der Waals surface area contributed by atoms with E-state index < -0.39 is 0 Å². The quantitative estimate of drug-likeness (QED) is 0.0786. The van der Waals surface area contributed by atoms with Crippen LogP contribution in [-0.4, -0.2) is 30.1 Å². The maximum absolute atomic E-state index is 13.4. The molecular weight excluding hydrogens is 580 g/mol. The number of amides is 1. The second-order valence-corrected chi connectivity index (χ2v) is 13.0. The van der Waals surface area contributed by atoms with Gasteiger partial charge in [-0.3, -0.25) is 4.79 Å². The summed E-state index contributed by atoms with van der Waals surface area (Å²) in [6.07, 6.45) is 13.1. The summed E-state index contributed by atoms with van der Waals surface area (Å²) in [4.78, 5) is 31.8. The van der Waals surface area contributed by atoms with Gasteiger partial charge in [0.25, 0.3) is 0 Å². The number of allylic oxidation sites excluding steroid dienone is 2. The van der Waals surface area contributed by atoms with Gasteiger partial charge in [-0.05, 0) is 93.4 Å². The number of carbonyl (C=O) groups is 2. The highest BCUT2D eigenvalue weighted by molar-refractivity contribution is 7.15. The molecule has 1 fully saturated rings. The first-order chi connectivity index (χ1) is 21.9. The molecule has 1 aliphatic rings. The zero-order valence-electron chi connectivity index (χ0n) is 27.3. The smallest absolute Gasteiger partial charge is 0.333 e. The minimum absolute atomic E-state index is 0.0872. The molecule has 3 aromatic rings. The first-order valence-corrected chi connectivity index (χ1v) is 17.3. The van der Waals surface area contributed by atoms with Crippen LogP contribution in [0.25, 0.3) is 16.5 Å². The van der Waals surface area contributed by atoms with Crippen molar-refractivity contribution in [2.75, 3.05) is 13.2 Å². The molecule has 1 N–H and O–H groups in total. The minimum atomic E-state index is -0.324. The highest BCUT2D eigenvalue weighted by Crippen LogP contribution is 2.36. The number of esters is 1. The van der Waals surface area contributed by atoms with Crippen molar-refractivity contribution in [1.82, 2.24) is 10.3 Å². The van der Waals surface area contributed by atoms with E-state index in [4.69, 9.17) is 14.5 Å². The molecule has 0 spiro atoms. The third-order valence-electron chi connectivity index (χ3n) is 8.07. The highest BCUT2D eigenvalue weighted by Gasteiger charge is 2.24. The van der Waals surface area contributed by atoms with E-state index in [1.54, 1.807) is 25.2 Å². The summed E-state index contributed by atoms with van der Waals surface area (Å²) in [5.74, 6) is 1.07. The number of nitrogens with one attached hydrogen (secondary N) is 1. The summed E-state index contributed by atoms with van der Waals surface area (Å²) in [7, 11) is 0. The van der Waals surface area contributed by atoms with Crippen LogP contribution in [0.15, 0.2) is 71.8 Å². The van der Waals surface area contributed by atoms with Crippen LogP contribution in [0.5, 0.6) is 5.75 Å². The van der Waals surface area contributed by atoms with E-state index in [9.17, 15) is 9.59 Å². The molecule has 240 valence electrons. The number of aromatic nitrogens is 1. The number of hydrogen-bond acceptors (Lipinski definition) is 6. The third kappa shape index (κ3) is 10.7. The highest BCUT2D eigenvalue weighted by atomic mass is 32.1. The number of unbranched alkanes of at least 4 members (excludes halogenated alkanes) is 1. The number of ether oxygens (including phenoxy) is 2. The van der Waals surface area contributed by atoms with Crippen molar-refractivity contribution in [3.05, 3.63) is 88.1 Å². The second kappa shape index (κ2) is 17.7. The van der Waals surface area contributed by atoms with Crippen molar-refractivity contribution < 1.29 is 19.1 Å². The molecule has 1 saturated carbocycles. The van der Waals surface area contributed by atoms with E-state index in [-0.39, 0.29) is 17.9 Å². The van der Waals surface area contributed by atoms with Crippen molar-refractivity contribution in [3.8, 4) is 16.2 Å². The number of nitrogens with zero attached hydrogens (tertiary/aromatic N) is 1. The van der Waals surface area contributed by atoms with Crippen molar-refractivity contribution in [2.45, 2.75) is 91.5 Å². The predicted octanol–water partition coefficient (Wildman–Crippen LogP) is 9.27. The Morgan fingerprint density at radius 3 is 2.44 bits per heavy atom. The fourth-order valence-electron chi connectivity index (χ4n) is 5.69. The number of hydrogen-bond donors (Lipinski definition) is 1. The lowest BCUT2D eigenvalue weighted by Gasteiger charge is -2.23. The summed E-state index contributed by atoms with van der Waals surface area (Å²) >= 11 is 1.61. The summed E-state index contributed by atoms with van der Waals surface area (Å²) in [5.41, 5.74) is 4.42. The van der Waals surface area contributed by atoms with E-state index >= 15 is 0 Å². The second-order valence-electron chi connectivity index (χ2n) is 11.9. The van der Waals surface area contributed by atoms with Gasteiger partial charge >= 0.3 is 5.97 Å². The molecule has 45 heavy (non-hydrogen) atoms.